The van der Waals surface area contributed by atoms with Crippen molar-refractivity contribution < 1.29 is 0 Å². The number of halogens is 2. The molecular weight excluding hydrogens is 348 g/mol. The number of hydrogen-bond acceptors (Lipinski definition) is 1. The van der Waals surface area contributed by atoms with Gasteiger partial charge < -0.3 is 4.57 Å². The monoisotopic (exact) mass is 370 g/mol. The van der Waals surface area contributed by atoms with Crippen LogP contribution in [0.4, 0.5) is 0 Å². The minimum atomic E-state index is -0.0696. The molecule has 1 heterocycles. The Bertz CT molecular complexity index is 592. The fourth-order valence-corrected chi connectivity index (χ4v) is 3.31. The molecule has 0 radical (unpaired) electrons. The topological polar surface area (TPSA) is 17.8 Å². The highest BCUT2D eigenvalue weighted by Gasteiger charge is 2.17. The van der Waals surface area contributed by atoms with Crippen LogP contribution in [0.5, 0.6) is 0 Å². The van der Waals surface area contributed by atoms with Crippen molar-refractivity contribution in [2.45, 2.75) is 58.4 Å². The number of aromatic nitrogens is 2. The summed E-state index contributed by atoms with van der Waals surface area (Å²) in [6.45, 7) is 7.55. The third-order valence-corrected chi connectivity index (χ3v) is 4.77. The third-order valence-electron chi connectivity index (χ3n) is 4.08. The van der Waals surface area contributed by atoms with E-state index >= 15 is 0 Å². The summed E-state index contributed by atoms with van der Waals surface area (Å²) in [7, 11) is 0. The second-order valence-corrected chi connectivity index (χ2v) is 7.32. The van der Waals surface area contributed by atoms with Gasteiger partial charge in [0.05, 0.1) is 16.4 Å². The van der Waals surface area contributed by atoms with Gasteiger partial charge >= 0.3 is 0 Å². The normalized spacial score (nSPS) is 14.5. The molecule has 116 valence electrons. The lowest BCUT2D eigenvalue weighted by Crippen LogP contribution is -2.13. The van der Waals surface area contributed by atoms with Crippen molar-refractivity contribution in [2.75, 3.05) is 0 Å². The van der Waals surface area contributed by atoms with Crippen LogP contribution in [-0.4, -0.2) is 9.55 Å². The van der Waals surface area contributed by atoms with E-state index in [1.54, 1.807) is 0 Å². The van der Waals surface area contributed by atoms with E-state index in [-0.39, 0.29) is 5.38 Å². The molecule has 0 aliphatic carbocycles. The van der Waals surface area contributed by atoms with E-state index < -0.39 is 0 Å². The molecule has 21 heavy (non-hydrogen) atoms. The van der Waals surface area contributed by atoms with Crippen LogP contribution in [0.15, 0.2) is 22.7 Å². The summed E-state index contributed by atoms with van der Waals surface area (Å²) < 4.78 is 3.38. The summed E-state index contributed by atoms with van der Waals surface area (Å²) in [5.74, 6) is 1.68. The largest absolute Gasteiger partial charge is 0.326 e. The summed E-state index contributed by atoms with van der Waals surface area (Å²) in [4.78, 5) is 4.74. The van der Waals surface area contributed by atoms with Gasteiger partial charge in [-0.2, -0.15) is 0 Å². The highest BCUT2D eigenvalue weighted by Crippen LogP contribution is 2.28. The number of benzene rings is 1. The lowest BCUT2D eigenvalue weighted by molar-refractivity contribution is 0.389. The first-order valence-corrected chi connectivity index (χ1v) is 9.09. The van der Waals surface area contributed by atoms with Crippen LogP contribution in [0.1, 0.15) is 57.7 Å². The third kappa shape index (κ3) is 4.01. The number of fused-ring (bicyclic) bond motifs is 1. The maximum Gasteiger partial charge on any atom is 0.127 e. The fourth-order valence-electron chi connectivity index (χ4n) is 2.79. The van der Waals surface area contributed by atoms with Gasteiger partial charge in [0, 0.05) is 11.0 Å². The van der Waals surface area contributed by atoms with Crippen LogP contribution in [0.25, 0.3) is 11.0 Å². The zero-order valence-corrected chi connectivity index (χ0v) is 15.4. The highest BCUT2D eigenvalue weighted by atomic mass is 79.9. The number of unbranched alkanes of at least 4 members (excludes halogenated alkanes) is 1. The van der Waals surface area contributed by atoms with E-state index in [0.29, 0.717) is 5.92 Å². The van der Waals surface area contributed by atoms with Crippen molar-refractivity contribution >= 4 is 38.6 Å². The van der Waals surface area contributed by atoms with Crippen LogP contribution < -0.4 is 0 Å². The van der Waals surface area contributed by atoms with Crippen molar-refractivity contribution in [1.29, 1.82) is 0 Å². The Morgan fingerprint density at radius 2 is 2.10 bits per heavy atom. The van der Waals surface area contributed by atoms with Crippen molar-refractivity contribution in [3.05, 3.63) is 28.5 Å². The number of nitrogens with zero attached hydrogens (tertiary/aromatic N) is 2. The van der Waals surface area contributed by atoms with E-state index in [0.717, 1.165) is 22.4 Å². The SMILES string of the molecule is CCCCC(CC)Cn1c(C(C)Cl)nc2cc(Br)ccc21. The van der Waals surface area contributed by atoms with Crippen LogP contribution in [0, 0.1) is 5.92 Å². The molecule has 1 aromatic carbocycles. The molecule has 0 amide bonds. The molecule has 0 saturated carbocycles. The van der Waals surface area contributed by atoms with Gasteiger partial charge in [0.1, 0.15) is 5.82 Å². The van der Waals surface area contributed by atoms with E-state index in [9.17, 15) is 0 Å². The molecule has 2 atom stereocenters. The second-order valence-electron chi connectivity index (χ2n) is 5.75. The zero-order chi connectivity index (χ0) is 15.4. The lowest BCUT2D eigenvalue weighted by Gasteiger charge is -2.18. The Kier molecular flexibility index (Phi) is 6.12. The van der Waals surface area contributed by atoms with Gasteiger partial charge in [-0.3, -0.25) is 0 Å². The average molecular weight is 372 g/mol. The summed E-state index contributed by atoms with van der Waals surface area (Å²) in [6.07, 6.45) is 5.03. The predicted molar refractivity (Wildman–Crippen MR) is 95.0 cm³/mol. The van der Waals surface area contributed by atoms with Crippen molar-refractivity contribution in [3.63, 3.8) is 0 Å². The Balaban J connectivity index is 2.37. The first-order chi connectivity index (χ1) is 10.1. The molecule has 0 aliphatic heterocycles. The van der Waals surface area contributed by atoms with Gasteiger partial charge in [-0.25, -0.2) is 4.98 Å². The van der Waals surface area contributed by atoms with Gasteiger partial charge in [-0.05, 0) is 37.5 Å². The van der Waals surface area contributed by atoms with Crippen LogP contribution in [-0.2, 0) is 6.54 Å². The summed E-state index contributed by atoms with van der Waals surface area (Å²) in [5.41, 5.74) is 2.22. The van der Waals surface area contributed by atoms with E-state index in [4.69, 9.17) is 16.6 Å². The second kappa shape index (κ2) is 7.64. The molecule has 0 aliphatic rings. The Morgan fingerprint density at radius 1 is 1.33 bits per heavy atom. The fraction of sp³-hybridized carbons (Fsp3) is 0.588. The van der Waals surface area contributed by atoms with E-state index in [2.05, 4.69) is 52.5 Å². The molecule has 0 spiro atoms. The molecule has 0 fully saturated rings. The summed E-state index contributed by atoms with van der Waals surface area (Å²) >= 11 is 9.88. The van der Waals surface area contributed by atoms with Crippen LogP contribution in [0.3, 0.4) is 0 Å². The Hall–Kier alpha value is -0.540. The van der Waals surface area contributed by atoms with Gasteiger partial charge in [-0.1, -0.05) is 49.0 Å². The Morgan fingerprint density at radius 3 is 2.71 bits per heavy atom. The molecule has 0 bridgehead atoms. The van der Waals surface area contributed by atoms with E-state index in [1.807, 2.05) is 6.92 Å². The molecule has 0 saturated heterocycles. The van der Waals surface area contributed by atoms with Gasteiger partial charge in [0.15, 0.2) is 0 Å². The molecule has 2 aromatic rings. The minimum Gasteiger partial charge on any atom is -0.326 e. The van der Waals surface area contributed by atoms with Gasteiger partial charge in [0.25, 0.3) is 0 Å². The van der Waals surface area contributed by atoms with Crippen molar-refractivity contribution in [1.82, 2.24) is 9.55 Å². The number of rotatable bonds is 7. The van der Waals surface area contributed by atoms with Gasteiger partial charge in [-0.15, -0.1) is 11.6 Å². The Labute approximate surface area is 141 Å². The number of imidazole rings is 1. The molecule has 2 unspecified atom stereocenters. The molecule has 1 aromatic heterocycles. The summed E-state index contributed by atoms with van der Waals surface area (Å²) in [6, 6.07) is 6.29. The molecule has 4 heteroatoms. The molecular formula is C17H24BrClN2. The zero-order valence-electron chi connectivity index (χ0n) is 13.1. The standard InChI is InChI=1S/C17H24BrClN2/c1-4-6-7-13(5-2)11-21-16-9-8-14(18)10-15(16)20-17(21)12(3)19/h8-10,12-13H,4-7,11H2,1-3H3. The van der Waals surface area contributed by atoms with Gasteiger partial charge in [0.2, 0.25) is 0 Å². The molecule has 0 N–H and O–H groups in total. The van der Waals surface area contributed by atoms with Crippen LogP contribution in [0.2, 0.25) is 0 Å². The summed E-state index contributed by atoms with van der Waals surface area (Å²) in [5, 5.41) is -0.0696. The molecule has 2 rings (SSSR count). The first-order valence-electron chi connectivity index (χ1n) is 7.86. The maximum absolute atomic E-state index is 6.36. The maximum atomic E-state index is 6.36. The minimum absolute atomic E-state index is 0.0696. The van der Waals surface area contributed by atoms with Crippen molar-refractivity contribution in [3.8, 4) is 0 Å². The van der Waals surface area contributed by atoms with Crippen LogP contribution >= 0.6 is 27.5 Å². The smallest absolute Gasteiger partial charge is 0.127 e. The first kappa shape index (κ1) is 16.8. The molecule has 2 nitrogen and oxygen atoms in total. The quantitative estimate of drug-likeness (QED) is 0.521. The predicted octanol–water partition coefficient (Wildman–Crippen LogP) is 6.32. The number of alkyl halides is 1. The lowest BCUT2D eigenvalue weighted by atomic mass is 9.99. The van der Waals surface area contributed by atoms with E-state index in [1.165, 1.54) is 31.2 Å². The van der Waals surface area contributed by atoms with Crippen molar-refractivity contribution in [2.24, 2.45) is 5.92 Å². The highest BCUT2D eigenvalue weighted by molar-refractivity contribution is 9.10. The number of hydrogen-bond donors (Lipinski definition) is 0. The average Bonchev–Trinajstić information content (AvgIpc) is 2.81.